The first kappa shape index (κ1) is 19.0. The lowest BCUT2D eigenvalue weighted by atomic mass is 10.1. The van der Waals surface area contributed by atoms with Crippen LogP contribution in [0.2, 0.25) is 0 Å². The van der Waals surface area contributed by atoms with Gasteiger partial charge in [-0.15, -0.1) is 0 Å². The van der Waals surface area contributed by atoms with E-state index < -0.39 is 15.6 Å². The molecule has 126 valence electrons. The molecule has 0 N–H and O–H groups in total. The van der Waals surface area contributed by atoms with Crippen molar-refractivity contribution in [1.82, 2.24) is 4.90 Å². The first-order chi connectivity index (χ1) is 10.3. The van der Waals surface area contributed by atoms with Crippen molar-refractivity contribution in [2.75, 3.05) is 6.54 Å². The Morgan fingerprint density at radius 2 is 1.68 bits per heavy atom. The number of hydrogen-bond donors (Lipinski definition) is 0. The Labute approximate surface area is 132 Å². The molecule has 0 aliphatic carbocycles. The van der Waals surface area contributed by atoms with Crippen LogP contribution >= 0.6 is 0 Å². The third-order valence-electron chi connectivity index (χ3n) is 3.65. The van der Waals surface area contributed by atoms with E-state index in [-0.39, 0.29) is 4.90 Å². The van der Waals surface area contributed by atoms with Gasteiger partial charge in [0.15, 0.2) is 0 Å². The van der Waals surface area contributed by atoms with Crippen molar-refractivity contribution >= 4 is 9.84 Å². The first-order valence-electron chi connectivity index (χ1n) is 7.64. The molecule has 0 atom stereocenters. The number of nitrogens with zero attached hydrogens (tertiary/aromatic N) is 1. The standard InChI is InChI=1S/C16H25F2NO2S/c1-4-5-6-11-19(13(2)3)12-14-7-9-15(10-8-14)22(20,21)16(17)18/h7-10,13,16H,4-6,11-12H2,1-3H3. The average molecular weight is 333 g/mol. The molecular formula is C16H25F2NO2S. The zero-order valence-electron chi connectivity index (χ0n) is 13.4. The van der Waals surface area contributed by atoms with Crippen LogP contribution in [0, 0.1) is 0 Å². The second-order valence-corrected chi connectivity index (χ2v) is 7.64. The van der Waals surface area contributed by atoms with Crippen molar-refractivity contribution in [3.8, 4) is 0 Å². The monoisotopic (exact) mass is 333 g/mol. The van der Waals surface area contributed by atoms with Crippen LogP contribution in [0.25, 0.3) is 0 Å². The molecule has 0 spiro atoms. The molecule has 0 heterocycles. The molecule has 6 heteroatoms. The Kier molecular flexibility index (Phi) is 7.42. The second-order valence-electron chi connectivity index (χ2n) is 5.72. The van der Waals surface area contributed by atoms with Crippen molar-refractivity contribution < 1.29 is 17.2 Å². The minimum Gasteiger partial charge on any atom is -0.297 e. The highest BCUT2D eigenvalue weighted by atomic mass is 32.2. The Balaban J connectivity index is 2.77. The SMILES string of the molecule is CCCCCN(Cc1ccc(S(=O)(=O)C(F)F)cc1)C(C)C. The van der Waals surface area contributed by atoms with Gasteiger partial charge in [0.05, 0.1) is 4.90 Å². The molecule has 22 heavy (non-hydrogen) atoms. The highest BCUT2D eigenvalue weighted by molar-refractivity contribution is 7.91. The number of alkyl halides is 2. The summed E-state index contributed by atoms with van der Waals surface area (Å²) >= 11 is 0. The van der Waals surface area contributed by atoms with Crippen molar-refractivity contribution in [2.24, 2.45) is 0 Å². The summed E-state index contributed by atoms with van der Waals surface area (Å²) in [4.78, 5) is 1.97. The van der Waals surface area contributed by atoms with E-state index in [4.69, 9.17) is 0 Å². The predicted octanol–water partition coefficient (Wildman–Crippen LogP) is 4.08. The van der Waals surface area contributed by atoms with Gasteiger partial charge in [0.25, 0.3) is 0 Å². The normalized spacial score (nSPS) is 12.5. The fourth-order valence-electron chi connectivity index (χ4n) is 2.21. The molecule has 1 aromatic carbocycles. The molecule has 3 nitrogen and oxygen atoms in total. The molecule has 0 aliphatic rings. The molecule has 0 radical (unpaired) electrons. The zero-order valence-corrected chi connectivity index (χ0v) is 14.2. The van der Waals surface area contributed by atoms with E-state index in [1.807, 2.05) is 0 Å². The Hall–Kier alpha value is -1.01. The molecule has 1 rings (SSSR count). The second kappa shape index (κ2) is 8.58. The van der Waals surface area contributed by atoms with Crippen LogP contribution in [0.3, 0.4) is 0 Å². The van der Waals surface area contributed by atoms with Gasteiger partial charge in [-0.05, 0) is 44.5 Å². The third kappa shape index (κ3) is 5.32. The van der Waals surface area contributed by atoms with Crippen LogP contribution in [-0.2, 0) is 16.4 Å². The summed E-state index contributed by atoms with van der Waals surface area (Å²) in [5.41, 5.74) is 0.929. The van der Waals surface area contributed by atoms with Gasteiger partial charge in [0.1, 0.15) is 0 Å². The summed E-state index contributed by atoms with van der Waals surface area (Å²) in [6, 6.07) is 6.14. The maximum absolute atomic E-state index is 12.5. The summed E-state index contributed by atoms with van der Waals surface area (Å²) in [6.45, 7) is 8.05. The van der Waals surface area contributed by atoms with Gasteiger partial charge in [-0.2, -0.15) is 8.78 Å². The van der Waals surface area contributed by atoms with Gasteiger partial charge >= 0.3 is 5.76 Å². The van der Waals surface area contributed by atoms with Crippen molar-refractivity contribution in [3.63, 3.8) is 0 Å². The Morgan fingerprint density at radius 3 is 2.14 bits per heavy atom. The quantitative estimate of drug-likeness (QED) is 0.639. The maximum Gasteiger partial charge on any atom is 0.341 e. The Bertz CT molecular complexity index is 542. The van der Waals surface area contributed by atoms with E-state index in [2.05, 4.69) is 25.7 Å². The fraction of sp³-hybridized carbons (Fsp3) is 0.625. The van der Waals surface area contributed by atoms with Crippen LogP contribution in [0.5, 0.6) is 0 Å². The van der Waals surface area contributed by atoms with E-state index in [9.17, 15) is 17.2 Å². The average Bonchev–Trinajstić information content (AvgIpc) is 2.46. The predicted molar refractivity (Wildman–Crippen MR) is 84.7 cm³/mol. The topological polar surface area (TPSA) is 37.4 Å². The summed E-state index contributed by atoms with van der Waals surface area (Å²) in [6.07, 6.45) is 3.45. The lowest BCUT2D eigenvalue weighted by Crippen LogP contribution is -2.31. The molecule has 0 bridgehead atoms. The number of unbranched alkanes of at least 4 members (excludes halogenated alkanes) is 2. The highest BCUT2D eigenvalue weighted by Crippen LogP contribution is 2.19. The molecule has 0 amide bonds. The first-order valence-corrected chi connectivity index (χ1v) is 9.18. The molecule has 0 saturated heterocycles. The molecule has 1 aromatic rings. The zero-order chi connectivity index (χ0) is 16.8. The smallest absolute Gasteiger partial charge is 0.297 e. The fourth-order valence-corrected chi connectivity index (χ4v) is 2.93. The van der Waals surface area contributed by atoms with E-state index in [1.165, 1.54) is 18.6 Å². The van der Waals surface area contributed by atoms with Crippen LogP contribution in [-0.4, -0.2) is 31.7 Å². The van der Waals surface area contributed by atoms with Crippen LogP contribution in [0.15, 0.2) is 29.2 Å². The number of rotatable bonds is 9. The molecule has 0 unspecified atom stereocenters. The Morgan fingerprint density at radius 1 is 1.09 bits per heavy atom. The van der Waals surface area contributed by atoms with E-state index >= 15 is 0 Å². The van der Waals surface area contributed by atoms with Crippen molar-refractivity contribution in [3.05, 3.63) is 29.8 Å². The molecular weight excluding hydrogens is 308 g/mol. The number of benzene rings is 1. The summed E-state index contributed by atoms with van der Waals surface area (Å²) in [7, 11) is -4.50. The van der Waals surface area contributed by atoms with Gasteiger partial charge in [-0.3, -0.25) is 4.90 Å². The van der Waals surface area contributed by atoms with E-state index in [0.29, 0.717) is 12.6 Å². The molecule has 0 aromatic heterocycles. The lowest BCUT2D eigenvalue weighted by Gasteiger charge is -2.26. The lowest BCUT2D eigenvalue weighted by molar-refractivity contribution is 0.208. The summed E-state index contributed by atoms with van der Waals surface area (Å²) in [5, 5.41) is 0. The molecule has 0 aliphatic heterocycles. The van der Waals surface area contributed by atoms with Crippen molar-refractivity contribution in [1.29, 1.82) is 0 Å². The summed E-state index contributed by atoms with van der Waals surface area (Å²) in [5.74, 6) is -3.38. The largest absolute Gasteiger partial charge is 0.341 e. The number of sulfone groups is 1. The van der Waals surface area contributed by atoms with Gasteiger partial charge < -0.3 is 0 Å². The van der Waals surface area contributed by atoms with Gasteiger partial charge in [-0.25, -0.2) is 8.42 Å². The van der Waals surface area contributed by atoms with Crippen LogP contribution < -0.4 is 0 Å². The van der Waals surface area contributed by atoms with Gasteiger partial charge in [0.2, 0.25) is 9.84 Å². The molecule has 0 fully saturated rings. The number of hydrogen-bond acceptors (Lipinski definition) is 3. The maximum atomic E-state index is 12.5. The van der Waals surface area contributed by atoms with Crippen LogP contribution in [0.4, 0.5) is 8.78 Å². The minimum atomic E-state index is -4.50. The van der Waals surface area contributed by atoms with Crippen molar-refractivity contribution in [2.45, 2.75) is 63.3 Å². The summed E-state index contributed by atoms with van der Waals surface area (Å²) < 4.78 is 47.8. The van der Waals surface area contributed by atoms with Gasteiger partial charge in [-0.1, -0.05) is 31.9 Å². The number of halogens is 2. The molecule has 0 saturated carbocycles. The van der Waals surface area contributed by atoms with Gasteiger partial charge in [0, 0.05) is 12.6 Å². The highest BCUT2D eigenvalue weighted by Gasteiger charge is 2.26. The minimum absolute atomic E-state index is 0.326. The van der Waals surface area contributed by atoms with Crippen LogP contribution in [0.1, 0.15) is 45.6 Å². The van der Waals surface area contributed by atoms with E-state index in [1.54, 1.807) is 12.1 Å². The third-order valence-corrected chi connectivity index (χ3v) is 5.05. The van der Waals surface area contributed by atoms with E-state index in [0.717, 1.165) is 24.9 Å².